The van der Waals surface area contributed by atoms with E-state index < -0.39 is 36.1 Å². The van der Waals surface area contributed by atoms with Crippen LogP contribution in [0.15, 0.2) is 0 Å². The number of nitrogens with two attached hydrogens (primary N) is 1. The smallest absolute Gasteiger partial charge is 0.401 e. The molecule has 0 bridgehead atoms. The van der Waals surface area contributed by atoms with E-state index in [1.54, 1.807) is 0 Å². The minimum absolute atomic E-state index is 0.201. The Labute approximate surface area is 88.8 Å². The van der Waals surface area contributed by atoms with Gasteiger partial charge in [0.15, 0.2) is 0 Å². The number of amides is 1. The van der Waals surface area contributed by atoms with E-state index in [0.717, 1.165) is 0 Å². The van der Waals surface area contributed by atoms with Gasteiger partial charge in [-0.25, -0.2) is 0 Å². The molecule has 1 amide bonds. The molecule has 4 N–H and O–H groups in total. The fourth-order valence-corrected chi connectivity index (χ4v) is 1.66. The van der Waals surface area contributed by atoms with Gasteiger partial charge in [-0.05, 0) is 12.8 Å². The van der Waals surface area contributed by atoms with Crippen LogP contribution in [-0.4, -0.2) is 35.2 Å². The van der Waals surface area contributed by atoms with E-state index in [1.165, 1.54) is 0 Å². The molecular formula is C8H11F3N2O3. The zero-order chi connectivity index (χ0) is 12.6. The van der Waals surface area contributed by atoms with Gasteiger partial charge in [-0.1, -0.05) is 0 Å². The van der Waals surface area contributed by atoms with Crippen LogP contribution < -0.4 is 11.1 Å². The summed E-state index contributed by atoms with van der Waals surface area (Å²) in [6, 6.07) is 0. The summed E-state index contributed by atoms with van der Waals surface area (Å²) in [6.45, 7) is -1.36. The summed E-state index contributed by atoms with van der Waals surface area (Å²) in [5, 5.41) is 10.6. The Morgan fingerprint density at radius 3 is 2.25 bits per heavy atom. The van der Waals surface area contributed by atoms with Crippen molar-refractivity contribution in [2.45, 2.75) is 24.6 Å². The van der Waals surface area contributed by atoms with E-state index in [9.17, 15) is 22.8 Å². The number of alkyl halides is 3. The number of carboxylic acid groups (broad SMARTS) is 1. The van der Waals surface area contributed by atoms with Crippen molar-refractivity contribution in [2.75, 3.05) is 6.54 Å². The molecule has 1 fully saturated rings. The second kappa shape index (κ2) is 3.93. The van der Waals surface area contributed by atoms with Gasteiger partial charge < -0.3 is 10.8 Å². The number of carbonyl (C=O) groups is 2. The van der Waals surface area contributed by atoms with Crippen molar-refractivity contribution in [1.82, 2.24) is 5.32 Å². The number of rotatable bonds is 4. The van der Waals surface area contributed by atoms with E-state index >= 15 is 0 Å². The summed E-state index contributed by atoms with van der Waals surface area (Å²) < 4.78 is 35.8. The van der Waals surface area contributed by atoms with Crippen LogP contribution in [0, 0.1) is 5.92 Å². The SMILES string of the molecule is NC(=O)C1(NCC(F)(F)F)CC(C(=O)O)C1. The molecule has 16 heavy (non-hydrogen) atoms. The Balaban J connectivity index is 2.58. The number of carbonyl (C=O) groups excluding carboxylic acids is 1. The first-order valence-corrected chi connectivity index (χ1v) is 4.51. The zero-order valence-corrected chi connectivity index (χ0v) is 8.17. The maximum absolute atomic E-state index is 11.9. The van der Waals surface area contributed by atoms with Gasteiger partial charge in [0.2, 0.25) is 5.91 Å². The zero-order valence-electron chi connectivity index (χ0n) is 8.17. The third-order valence-corrected chi connectivity index (χ3v) is 2.64. The van der Waals surface area contributed by atoms with Crippen molar-refractivity contribution in [3.63, 3.8) is 0 Å². The average Bonchev–Trinajstić information content (AvgIpc) is 1.97. The van der Waals surface area contributed by atoms with Gasteiger partial charge in [-0.15, -0.1) is 0 Å². The van der Waals surface area contributed by atoms with E-state index in [-0.39, 0.29) is 12.8 Å². The van der Waals surface area contributed by atoms with Gasteiger partial charge in [0, 0.05) is 0 Å². The minimum Gasteiger partial charge on any atom is -0.481 e. The lowest BCUT2D eigenvalue weighted by atomic mass is 9.67. The minimum atomic E-state index is -4.46. The Morgan fingerprint density at radius 2 is 1.94 bits per heavy atom. The van der Waals surface area contributed by atoms with E-state index in [4.69, 9.17) is 10.8 Å². The van der Waals surface area contributed by atoms with Gasteiger partial charge in [0.1, 0.15) is 0 Å². The number of nitrogens with one attached hydrogen (secondary N) is 1. The lowest BCUT2D eigenvalue weighted by molar-refractivity contribution is -0.154. The first kappa shape index (κ1) is 12.8. The summed E-state index contributed by atoms with van der Waals surface area (Å²) in [7, 11) is 0. The summed E-state index contributed by atoms with van der Waals surface area (Å²) in [5.41, 5.74) is 3.43. The van der Waals surface area contributed by atoms with Gasteiger partial charge in [-0.3, -0.25) is 14.9 Å². The number of carboxylic acids is 1. The normalized spacial score (nSPS) is 29.6. The average molecular weight is 240 g/mol. The predicted molar refractivity (Wildman–Crippen MR) is 46.3 cm³/mol. The second-order valence-corrected chi connectivity index (χ2v) is 3.86. The van der Waals surface area contributed by atoms with E-state index in [2.05, 4.69) is 0 Å². The maximum atomic E-state index is 11.9. The Bertz CT molecular complexity index is 310. The molecule has 1 aliphatic rings. The van der Waals surface area contributed by atoms with E-state index in [1.807, 2.05) is 5.32 Å². The van der Waals surface area contributed by atoms with Crippen molar-refractivity contribution in [3.8, 4) is 0 Å². The molecule has 0 heterocycles. The number of aliphatic carboxylic acids is 1. The summed E-state index contributed by atoms with van der Waals surface area (Å²) in [4.78, 5) is 21.5. The lowest BCUT2D eigenvalue weighted by Gasteiger charge is -2.44. The highest BCUT2D eigenvalue weighted by Crippen LogP contribution is 2.38. The van der Waals surface area contributed by atoms with Crippen molar-refractivity contribution < 1.29 is 27.9 Å². The number of hydrogen-bond acceptors (Lipinski definition) is 3. The Hall–Kier alpha value is -1.31. The molecule has 1 saturated carbocycles. The number of halogens is 3. The molecule has 5 nitrogen and oxygen atoms in total. The fraction of sp³-hybridized carbons (Fsp3) is 0.750. The highest BCUT2D eigenvalue weighted by atomic mass is 19.4. The van der Waals surface area contributed by atoms with Crippen molar-refractivity contribution in [2.24, 2.45) is 11.7 Å². The van der Waals surface area contributed by atoms with E-state index in [0.29, 0.717) is 0 Å². The third-order valence-electron chi connectivity index (χ3n) is 2.64. The van der Waals surface area contributed by atoms with Crippen LogP contribution in [0.3, 0.4) is 0 Å². The molecule has 8 heteroatoms. The fourth-order valence-electron chi connectivity index (χ4n) is 1.66. The second-order valence-electron chi connectivity index (χ2n) is 3.86. The molecular weight excluding hydrogens is 229 g/mol. The summed E-state index contributed by atoms with van der Waals surface area (Å²) in [6.07, 6.45) is -4.86. The van der Waals surface area contributed by atoms with Gasteiger partial charge in [0.05, 0.1) is 18.0 Å². The topological polar surface area (TPSA) is 92.4 Å². The molecule has 0 atom stereocenters. The molecule has 92 valence electrons. The highest BCUT2D eigenvalue weighted by Gasteiger charge is 2.52. The summed E-state index contributed by atoms with van der Waals surface area (Å²) >= 11 is 0. The largest absolute Gasteiger partial charge is 0.481 e. The maximum Gasteiger partial charge on any atom is 0.401 e. The van der Waals surface area contributed by atoms with Crippen molar-refractivity contribution in [3.05, 3.63) is 0 Å². The molecule has 1 rings (SSSR count). The van der Waals surface area contributed by atoms with Crippen LogP contribution in [0.4, 0.5) is 13.2 Å². The molecule has 0 aliphatic heterocycles. The molecule has 0 aromatic carbocycles. The highest BCUT2D eigenvalue weighted by molar-refractivity contribution is 5.88. The van der Waals surface area contributed by atoms with Gasteiger partial charge >= 0.3 is 12.1 Å². The molecule has 0 saturated heterocycles. The Morgan fingerprint density at radius 1 is 1.44 bits per heavy atom. The van der Waals surface area contributed by atoms with Gasteiger partial charge in [-0.2, -0.15) is 13.2 Å². The lowest BCUT2D eigenvalue weighted by Crippen LogP contribution is -2.65. The van der Waals surface area contributed by atoms with Crippen LogP contribution in [0.5, 0.6) is 0 Å². The quantitative estimate of drug-likeness (QED) is 0.637. The third kappa shape index (κ3) is 2.63. The summed E-state index contributed by atoms with van der Waals surface area (Å²) in [5.74, 6) is -2.90. The number of primary amides is 1. The van der Waals surface area contributed by atoms with Crippen molar-refractivity contribution >= 4 is 11.9 Å². The predicted octanol–water partition coefficient (Wildman–Crippen LogP) is -0.143. The van der Waals surface area contributed by atoms with Crippen LogP contribution in [0.1, 0.15) is 12.8 Å². The number of hydrogen-bond donors (Lipinski definition) is 3. The monoisotopic (exact) mass is 240 g/mol. The molecule has 0 unspecified atom stereocenters. The molecule has 0 radical (unpaired) electrons. The molecule has 1 aliphatic carbocycles. The first-order chi connectivity index (χ1) is 7.16. The van der Waals surface area contributed by atoms with Crippen LogP contribution in [-0.2, 0) is 9.59 Å². The van der Waals surface area contributed by atoms with Crippen LogP contribution in [0.2, 0.25) is 0 Å². The standard InChI is InChI=1S/C8H11F3N2O3/c9-8(10,11)3-13-7(6(12)16)1-4(2-7)5(14)15/h4,13H,1-3H2,(H2,12,16)(H,14,15). The van der Waals surface area contributed by atoms with Crippen molar-refractivity contribution in [1.29, 1.82) is 0 Å². The van der Waals surface area contributed by atoms with Crippen LogP contribution >= 0.6 is 0 Å². The molecule has 0 spiro atoms. The van der Waals surface area contributed by atoms with Crippen LogP contribution in [0.25, 0.3) is 0 Å². The Kier molecular flexibility index (Phi) is 3.13. The molecule has 0 aromatic rings. The first-order valence-electron chi connectivity index (χ1n) is 4.51. The molecule has 0 aromatic heterocycles. The van der Waals surface area contributed by atoms with Gasteiger partial charge in [0.25, 0.3) is 0 Å².